The molecule has 1 aliphatic heterocycles. The van der Waals surface area contributed by atoms with E-state index in [4.69, 9.17) is 21.3 Å². The molecule has 2 fully saturated rings. The van der Waals surface area contributed by atoms with Gasteiger partial charge in [-0.3, -0.25) is 14.6 Å². The predicted octanol–water partition coefficient (Wildman–Crippen LogP) is 4.85. The molecule has 1 saturated heterocycles. The van der Waals surface area contributed by atoms with E-state index in [9.17, 15) is 14.0 Å². The van der Waals surface area contributed by atoms with Crippen LogP contribution in [0.2, 0.25) is 0 Å². The summed E-state index contributed by atoms with van der Waals surface area (Å²) in [5.41, 5.74) is 1.73. The number of carbonyl (C=O) groups is 2. The number of aryl methyl sites for hydroxylation is 1. The molecule has 12 heteroatoms. The molecule has 1 saturated carbocycles. The highest BCUT2D eigenvalue weighted by Gasteiger charge is 2.59. The van der Waals surface area contributed by atoms with Crippen molar-refractivity contribution in [3.63, 3.8) is 0 Å². The number of rotatable bonds is 8. The summed E-state index contributed by atoms with van der Waals surface area (Å²) < 4.78 is 20.0. The fourth-order valence-corrected chi connectivity index (χ4v) is 6.37. The van der Waals surface area contributed by atoms with Crippen molar-refractivity contribution in [3.05, 3.63) is 76.9 Å². The zero-order valence-corrected chi connectivity index (χ0v) is 24.7. The second-order valence-corrected chi connectivity index (χ2v) is 12.3. The Morgan fingerprint density at radius 2 is 1.81 bits per heavy atom. The van der Waals surface area contributed by atoms with Crippen LogP contribution in [0.4, 0.5) is 4.39 Å². The minimum atomic E-state index is -0.834. The minimum absolute atomic E-state index is 0.0419. The van der Waals surface area contributed by atoms with Crippen LogP contribution in [0.25, 0.3) is 22.1 Å². The number of hydrogen-bond acceptors (Lipinski definition) is 8. The number of pyridine rings is 1. The van der Waals surface area contributed by atoms with E-state index in [0.29, 0.717) is 51.6 Å². The van der Waals surface area contributed by atoms with Crippen LogP contribution in [0.5, 0.6) is 5.75 Å². The molecule has 6 rings (SSSR count). The maximum atomic E-state index is 13.6. The first kappa shape index (κ1) is 28.2. The van der Waals surface area contributed by atoms with Crippen molar-refractivity contribution in [1.29, 1.82) is 0 Å². The number of halogens is 2. The van der Waals surface area contributed by atoms with Gasteiger partial charge in [-0.15, -0.1) is 22.9 Å². The number of piperidine rings is 1. The highest BCUT2D eigenvalue weighted by atomic mass is 35.5. The molecule has 0 radical (unpaired) electrons. The predicted molar refractivity (Wildman–Crippen MR) is 157 cm³/mol. The normalized spacial score (nSPS) is 19.4. The van der Waals surface area contributed by atoms with Crippen LogP contribution in [-0.2, 0) is 10.3 Å². The largest absolute Gasteiger partial charge is 0.490 e. The molecule has 3 aromatic heterocycles. The molecular weight excluding hydrogens is 579 g/mol. The third kappa shape index (κ3) is 5.58. The van der Waals surface area contributed by atoms with Crippen LogP contribution in [0.1, 0.15) is 34.9 Å². The van der Waals surface area contributed by atoms with Crippen molar-refractivity contribution < 1.29 is 18.7 Å². The first-order valence-corrected chi connectivity index (χ1v) is 14.8. The van der Waals surface area contributed by atoms with Gasteiger partial charge in [0.15, 0.2) is 10.8 Å². The number of ether oxygens (including phenoxy) is 1. The second-order valence-electron chi connectivity index (χ2n) is 11.0. The Labute approximate surface area is 251 Å². The third-order valence-electron chi connectivity index (χ3n) is 7.58. The Morgan fingerprint density at radius 3 is 2.48 bits per heavy atom. The summed E-state index contributed by atoms with van der Waals surface area (Å²) in [6.45, 7) is 6.68. The third-order valence-corrected chi connectivity index (χ3v) is 8.96. The summed E-state index contributed by atoms with van der Waals surface area (Å²) >= 11 is 7.04. The smallest absolute Gasteiger partial charge is 0.265 e. The average molecular weight is 607 g/mol. The minimum Gasteiger partial charge on any atom is -0.490 e. The molecule has 0 unspecified atom stereocenters. The molecule has 42 heavy (non-hydrogen) atoms. The summed E-state index contributed by atoms with van der Waals surface area (Å²) in [6, 6.07) is 11.4. The van der Waals surface area contributed by atoms with Crippen molar-refractivity contribution in [2.45, 2.75) is 32.4 Å². The first-order chi connectivity index (χ1) is 20.1. The average Bonchev–Trinajstić information content (AvgIpc) is 3.29. The van der Waals surface area contributed by atoms with E-state index in [-0.39, 0.29) is 41.5 Å². The Hall–Kier alpha value is -3.96. The molecule has 4 aromatic rings. The van der Waals surface area contributed by atoms with E-state index in [2.05, 4.69) is 20.3 Å². The molecule has 0 spiro atoms. The van der Waals surface area contributed by atoms with Crippen molar-refractivity contribution in [2.24, 2.45) is 11.8 Å². The van der Waals surface area contributed by atoms with Crippen LogP contribution >= 0.6 is 22.9 Å². The molecule has 2 aliphatic rings. The Kier molecular flexibility index (Phi) is 7.40. The quantitative estimate of drug-likeness (QED) is 0.286. The molecule has 0 bridgehead atoms. The summed E-state index contributed by atoms with van der Waals surface area (Å²) in [5.74, 6) is 0.624. The first-order valence-electron chi connectivity index (χ1n) is 13.5. The maximum absolute atomic E-state index is 13.6. The highest BCUT2D eigenvalue weighted by molar-refractivity contribution is 7.17. The number of amides is 2. The number of hydrogen-bond donors (Lipinski definition) is 1. The number of aromatic nitrogens is 4. The lowest BCUT2D eigenvalue weighted by molar-refractivity contribution is -0.120. The number of nitrogens with one attached hydrogen (secondary N) is 1. The van der Waals surface area contributed by atoms with Crippen LogP contribution in [0, 0.1) is 24.6 Å². The van der Waals surface area contributed by atoms with Gasteiger partial charge in [-0.1, -0.05) is 0 Å². The molecular formula is C30H28ClFN6O3S. The van der Waals surface area contributed by atoms with Gasteiger partial charge in [0.1, 0.15) is 28.4 Å². The monoisotopic (exact) mass is 606 g/mol. The van der Waals surface area contributed by atoms with Gasteiger partial charge in [0.2, 0.25) is 5.91 Å². The number of benzene rings is 1. The lowest BCUT2D eigenvalue weighted by atomic mass is 9.98. The van der Waals surface area contributed by atoms with Gasteiger partial charge in [0.05, 0.1) is 22.6 Å². The number of thiazole rings is 1. The van der Waals surface area contributed by atoms with Gasteiger partial charge < -0.3 is 15.0 Å². The van der Waals surface area contributed by atoms with Gasteiger partial charge >= 0.3 is 0 Å². The maximum Gasteiger partial charge on any atom is 0.265 e. The molecule has 1 aromatic carbocycles. The van der Waals surface area contributed by atoms with Crippen molar-refractivity contribution in [2.75, 3.05) is 19.0 Å². The second kappa shape index (κ2) is 11.0. The SMILES string of the molecule is Cc1nc(-c2ncccn2)sc1C(=O)N1C[C@@H]2[C@H](C1)[C@H]2Oc1cc(-c2ccc(F)cc2)nc(C(C)(C)NC(=O)CCl)c1. The van der Waals surface area contributed by atoms with E-state index in [0.717, 1.165) is 5.56 Å². The van der Waals surface area contributed by atoms with Crippen LogP contribution in [0.3, 0.4) is 0 Å². The lowest BCUT2D eigenvalue weighted by Gasteiger charge is -2.27. The van der Waals surface area contributed by atoms with Crippen molar-refractivity contribution in [3.8, 4) is 27.8 Å². The van der Waals surface area contributed by atoms with E-state index < -0.39 is 5.54 Å². The zero-order chi connectivity index (χ0) is 29.6. The fourth-order valence-electron chi connectivity index (χ4n) is 5.32. The van der Waals surface area contributed by atoms with E-state index in [1.54, 1.807) is 30.6 Å². The Bertz CT molecular complexity index is 1640. The fraction of sp³-hybridized carbons (Fsp3) is 0.333. The molecule has 9 nitrogen and oxygen atoms in total. The molecule has 4 heterocycles. The van der Waals surface area contributed by atoms with E-state index in [1.807, 2.05) is 37.8 Å². The van der Waals surface area contributed by atoms with Gasteiger partial charge in [-0.25, -0.2) is 19.3 Å². The van der Waals surface area contributed by atoms with E-state index >= 15 is 0 Å². The van der Waals surface area contributed by atoms with Gasteiger partial charge in [0.25, 0.3) is 5.91 Å². The number of nitrogens with zero attached hydrogens (tertiary/aromatic N) is 5. The molecule has 1 aliphatic carbocycles. The summed E-state index contributed by atoms with van der Waals surface area (Å²) in [4.78, 5) is 45.7. The topological polar surface area (TPSA) is 110 Å². The number of fused-ring (bicyclic) bond motifs is 1. The van der Waals surface area contributed by atoms with Crippen LogP contribution in [0.15, 0.2) is 54.9 Å². The summed E-state index contributed by atoms with van der Waals surface area (Å²) in [6.07, 6.45) is 3.25. The zero-order valence-electron chi connectivity index (χ0n) is 23.2. The van der Waals surface area contributed by atoms with Gasteiger partial charge in [-0.05, 0) is 51.1 Å². The van der Waals surface area contributed by atoms with E-state index in [1.165, 1.54) is 23.5 Å². The summed E-state index contributed by atoms with van der Waals surface area (Å²) in [5, 5.41) is 3.51. The number of alkyl halides is 1. The van der Waals surface area contributed by atoms with Gasteiger partial charge in [-0.2, -0.15) is 0 Å². The molecule has 216 valence electrons. The standard InChI is InChI=1S/C30H28ClFN6O3S/c1-16-26(42-28(35-16)27-33-9-4-10-34-27)29(40)38-14-20-21(15-38)25(20)41-19-11-22(17-5-7-18(32)8-6-17)36-23(12-19)30(2,3)37-24(39)13-31/h4-12,20-21,25H,13-15H2,1-3H3,(H,37,39)/t20-,21+,25+. The van der Waals surface area contributed by atoms with Crippen LogP contribution < -0.4 is 10.1 Å². The number of likely N-dealkylation sites (tertiary alicyclic amines) is 1. The van der Waals surface area contributed by atoms with Crippen molar-refractivity contribution in [1.82, 2.24) is 30.2 Å². The molecule has 3 atom stereocenters. The highest BCUT2D eigenvalue weighted by Crippen LogP contribution is 2.49. The Balaban J connectivity index is 1.18. The lowest BCUT2D eigenvalue weighted by Crippen LogP contribution is -2.42. The Morgan fingerprint density at radius 1 is 1.12 bits per heavy atom. The van der Waals surface area contributed by atoms with Crippen molar-refractivity contribution >= 4 is 34.8 Å². The van der Waals surface area contributed by atoms with Crippen LogP contribution in [-0.4, -0.2) is 61.7 Å². The summed E-state index contributed by atoms with van der Waals surface area (Å²) in [7, 11) is 0. The molecule has 1 N–H and O–H groups in total. The molecule has 2 amide bonds. The van der Waals surface area contributed by atoms with Gasteiger partial charge in [0, 0.05) is 55.0 Å². The number of carbonyl (C=O) groups excluding carboxylic acids is 2.